The van der Waals surface area contributed by atoms with Gasteiger partial charge in [-0.05, 0) is 36.0 Å². The van der Waals surface area contributed by atoms with Crippen molar-refractivity contribution >= 4 is 0 Å². The Hall–Kier alpha value is -1.02. The first-order valence-corrected chi connectivity index (χ1v) is 6.38. The summed E-state index contributed by atoms with van der Waals surface area (Å²) < 4.78 is 5.90. The van der Waals surface area contributed by atoms with Crippen molar-refractivity contribution in [2.75, 3.05) is 6.54 Å². The summed E-state index contributed by atoms with van der Waals surface area (Å²) in [5.41, 5.74) is 8.31. The molecule has 1 unspecified atom stereocenters. The minimum absolute atomic E-state index is 0.0589. The van der Waals surface area contributed by atoms with Crippen molar-refractivity contribution in [2.24, 2.45) is 5.73 Å². The maximum Gasteiger partial charge on any atom is 0.123 e. The molecule has 2 heteroatoms. The van der Waals surface area contributed by atoms with Crippen molar-refractivity contribution in [1.82, 2.24) is 0 Å². The Labute approximate surface area is 105 Å². The lowest BCUT2D eigenvalue weighted by Crippen LogP contribution is -2.24. The lowest BCUT2D eigenvalue weighted by Gasteiger charge is -2.25. The van der Waals surface area contributed by atoms with Crippen LogP contribution in [0.5, 0.6) is 5.75 Å². The highest BCUT2D eigenvalue weighted by Crippen LogP contribution is 2.32. The third-order valence-corrected chi connectivity index (χ3v) is 2.92. The molecule has 0 saturated heterocycles. The third-order valence-electron chi connectivity index (χ3n) is 2.92. The first-order valence-electron chi connectivity index (χ1n) is 6.38. The van der Waals surface area contributed by atoms with Crippen molar-refractivity contribution < 1.29 is 4.74 Å². The highest BCUT2D eigenvalue weighted by molar-refractivity contribution is 5.41. The van der Waals surface area contributed by atoms with E-state index in [1.807, 2.05) is 6.92 Å². The smallest absolute Gasteiger partial charge is 0.123 e. The number of aryl methyl sites for hydroxylation is 1. The Kier molecular flexibility index (Phi) is 4.58. The summed E-state index contributed by atoms with van der Waals surface area (Å²) in [6.45, 7) is 11.3. The van der Waals surface area contributed by atoms with Crippen LogP contribution in [0.4, 0.5) is 0 Å². The lowest BCUT2D eigenvalue weighted by atomic mass is 9.85. The molecule has 2 nitrogen and oxygen atoms in total. The standard InChI is InChI=1S/C15H25NO/c1-6-12-7-8-14(17-11(2)10-16)13(9-12)15(3,4)5/h7-9,11H,6,10,16H2,1-5H3. The van der Waals surface area contributed by atoms with E-state index in [-0.39, 0.29) is 11.5 Å². The van der Waals surface area contributed by atoms with Crippen molar-refractivity contribution in [1.29, 1.82) is 0 Å². The van der Waals surface area contributed by atoms with Gasteiger partial charge in [0.25, 0.3) is 0 Å². The van der Waals surface area contributed by atoms with E-state index in [4.69, 9.17) is 10.5 Å². The molecule has 0 saturated carbocycles. The zero-order valence-electron chi connectivity index (χ0n) is 11.7. The van der Waals surface area contributed by atoms with Gasteiger partial charge < -0.3 is 10.5 Å². The molecular formula is C15H25NO. The van der Waals surface area contributed by atoms with Gasteiger partial charge in [0.05, 0.1) is 0 Å². The van der Waals surface area contributed by atoms with Gasteiger partial charge in [0.15, 0.2) is 0 Å². The summed E-state index contributed by atoms with van der Waals surface area (Å²) in [5, 5.41) is 0. The van der Waals surface area contributed by atoms with Crippen LogP contribution in [0.2, 0.25) is 0 Å². The number of benzene rings is 1. The highest BCUT2D eigenvalue weighted by atomic mass is 16.5. The molecule has 2 N–H and O–H groups in total. The Balaban J connectivity index is 3.11. The number of ether oxygens (including phenoxy) is 1. The van der Waals surface area contributed by atoms with Crippen LogP contribution in [0.15, 0.2) is 18.2 Å². The molecule has 0 aromatic heterocycles. The monoisotopic (exact) mass is 235 g/mol. The van der Waals surface area contributed by atoms with E-state index < -0.39 is 0 Å². The molecule has 0 spiro atoms. The van der Waals surface area contributed by atoms with Crippen molar-refractivity contribution in [2.45, 2.75) is 52.6 Å². The molecule has 0 heterocycles. The SMILES string of the molecule is CCc1ccc(OC(C)CN)c(C(C)(C)C)c1. The Morgan fingerprint density at radius 2 is 1.94 bits per heavy atom. The quantitative estimate of drug-likeness (QED) is 0.869. The molecule has 0 radical (unpaired) electrons. The molecule has 0 aliphatic rings. The predicted molar refractivity (Wildman–Crippen MR) is 73.7 cm³/mol. The third kappa shape index (κ3) is 3.74. The minimum Gasteiger partial charge on any atom is -0.489 e. The molecule has 0 aliphatic heterocycles. The van der Waals surface area contributed by atoms with E-state index in [9.17, 15) is 0 Å². The molecule has 1 aromatic carbocycles. The topological polar surface area (TPSA) is 35.2 Å². The van der Waals surface area contributed by atoms with Crippen molar-refractivity contribution in [3.8, 4) is 5.75 Å². The molecule has 1 atom stereocenters. The van der Waals surface area contributed by atoms with Gasteiger partial charge in [-0.3, -0.25) is 0 Å². The molecule has 0 aliphatic carbocycles. The van der Waals surface area contributed by atoms with Gasteiger partial charge in [0.2, 0.25) is 0 Å². The van der Waals surface area contributed by atoms with Crippen LogP contribution in [-0.2, 0) is 11.8 Å². The van der Waals surface area contributed by atoms with Crippen LogP contribution >= 0.6 is 0 Å². The Bertz CT molecular complexity index is 366. The average molecular weight is 235 g/mol. The van der Waals surface area contributed by atoms with Crippen LogP contribution in [0.25, 0.3) is 0 Å². The van der Waals surface area contributed by atoms with E-state index in [0.717, 1.165) is 12.2 Å². The molecular weight excluding hydrogens is 210 g/mol. The summed E-state index contributed by atoms with van der Waals surface area (Å²) >= 11 is 0. The first kappa shape index (κ1) is 14.0. The summed E-state index contributed by atoms with van der Waals surface area (Å²) in [6.07, 6.45) is 1.11. The molecule has 0 bridgehead atoms. The van der Waals surface area contributed by atoms with Gasteiger partial charge in [-0.25, -0.2) is 0 Å². The highest BCUT2D eigenvalue weighted by Gasteiger charge is 2.20. The number of rotatable bonds is 4. The predicted octanol–water partition coefficient (Wildman–Crippen LogP) is 3.27. The largest absolute Gasteiger partial charge is 0.489 e. The molecule has 0 fully saturated rings. The van der Waals surface area contributed by atoms with E-state index in [1.165, 1.54) is 11.1 Å². The average Bonchev–Trinajstić information content (AvgIpc) is 2.28. The van der Waals surface area contributed by atoms with Gasteiger partial charge in [0.1, 0.15) is 11.9 Å². The van der Waals surface area contributed by atoms with Crippen LogP contribution in [0.1, 0.15) is 45.7 Å². The van der Waals surface area contributed by atoms with Gasteiger partial charge in [-0.2, -0.15) is 0 Å². The van der Waals surface area contributed by atoms with Crippen molar-refractivity contribution in [3.05, 3.63) is 29.3 Å². The van der Waals surface area contributed by atoms with E-state index in [1.54, 1.807) is 0 Å². The van der Waals surface area contributed by atoms with E-state index in [2.05, 4.69) is 45.9 Å². The summed E-state index contributed by atoms with van der Waals surface area (Å²) in [4.78, 5) is 0. The van der Waals surface area contributed by atoms with Gasteiger partial charge in [0, 0.05) is 6.54 Å². The summed E-state index contributed by atoms with van der Waals surface area (Å²) in [7, 11) is 0. The fraction of sp³-hybridized carbons (Fsp3) is 0.600. The van der Waals surface area contributed by atoms with E-state index >= 15 is 0 Å². The van der Waals surface area contributed by atoms with Gasteiger partial charge >= 0.3 is 0 Å². The molecule has 0 amide bonds. The van der Waals surface area contributed by atoms with Gasteiger partial charge in [-0.1, -0.05) is 39.8 Å². The Morgan fingerprint density at radius 3 is 2.41 bits per heavy atom. The fourth-order valence-electron chi connectivity index (χ4n) is 1.75. The van der Waals surface area contributed by atoms with Crippen LogP contribution in [0, 0.1) is 0 Å². The maximum absolute atomic E-state index is 5.90. The van der Waals surface area contributed by atoms with Crippen LogP contribution in [-0.4, -0.2) is 12.6 Å². The normalized spacial score (nSPS) is 13.5. The second-order valence-corrected chi connectivity index (χ2v) is 5.60. The van der Waals surface area contributed by atoms with Gasteiger partial charge in [-0.15, -0.1) is 0 Å². The number of hydrogen-bond acceptors (Lipinski definition) is 2. The van der Waals surface area contributed by atoms with Crippen LogP contribution in [0.3, 0.4) is 0 Å². The van der Waals surface area contributed by atoms with Crippen LogP contribution < -0.4 is 10.5 Å². The number of nitrogens with two attached hydrogens (primary N) is 1. The molecule has 1 aromatic rings. The molecule has 96 valence electrons. The lowest BCUT2D eigenvalue weighted by molar-refractivity contribution is 0.224. The molecule has 1 rings (SSSR count). The van der Waals surface area contributed by atoms with Crippen molar-refractivity contribution in [3.63, 3.8) is 0 Å². The summed E-state index contributed by atoms with van der Waals surface area (Å²) in [6, 6.07) is 6.46. The first-order chi connectivity index (χ1) is 7.88. The number of hydrogen-bond donors (Lipinski definition) is 1. The second kappa shape index (κ2) is 5.54. The summed E-state index contributed by atoms with van der Waals surface area (Å²) in [5.74, 6) is 0.965. The second-order valence-electron chi connectivity index (χ2n) is 5.60. The fourth-order valence-corrected chi connectivity index (χ4v) is 1.75. The zero-order valence-corrected chi connectivity index (χ0v) is 11.7. The van der Waals surface area contributed by atoms with E-state index in [0.29, 0.717) is 6.54 Å². The minimum atomic E-state index is 0.0589. The Morgan fingerprint density at radius 1 is 1.29 bits per heavy atom. The maximum atomic E-state index is 5.90. The zero-order chi connectivity index (χ0) is 13.1. The molecule has 17 heavy (non-hydrogen) atoms.